The fourth-order valence-electron chi connectivity index (χ4n) is 2.29. The minimum Gasteiger partial charge on any atom is -0.385 e. The number of imidazole rings is 1. The predicted octanol–water partition coefficient (Wildman–Crippen LogP) is -0.696. The highest BCUT2D eigenvalue weighted by atomic mass is 16.3. The van der Waals surface area contributed by atoms with Crippen LogP contribution in [0.25, 0.3) is 17.2 Å². The van der Waals surface area contributed by atoms with Crippen LogP contribution in [0, 0.1) is 0 Å². The molecule has 0 aliphatic rings. The van der Waals surface area contributed by atoms with Crippen LogP contribution in [-0.4, -0.2) is 55.7 Å². The van der Waals surface area contributed by atoms with E-state index in [0.717, 1.165) is 11.3 Å². The minimum absolute atomic E-state index is 0.234. The lowest BCUT2D eigenvalue weighted by Crippen LogP contribution is -2.08. The molecule has 22 heavy (non-hydrogen) atoms. The monoisotopic (exact) mass is 298 g/mol. The van der Waals surface area contributed by atoms with E-state index in [1.54, 1.807) is 6.20 Å². The smallest absolute Gasteiger partial charge is 0.222 e. The fraction of sp³-hybridized carbons (Fsp3) is 0.182. The maximum Gasteiger partial charge on any atom is 0.222 e. The van der Waals surface area contributed by atoms with Gasteiger partial charge in [-0.2, -0.15) is 10.4 Å². The van der Waals surface area contributed by atoms with Gasteiger partial charge in [0, 0.05) is 12.1 Å². The number of aromatic nitrogens is 10. The van der Waals surface area contributed by atoms with Crippen LogP contribution < -0.4 is 0 Å². The number of aromatic amines is 2. The molecule has 4 heterocycles. The summed E-state index contributed by atoms with van der Waals surface area (Å²) < 4.78 is 1.86. The van der Waals surface area contributed by atoms with Crippen LogP contribution in [0.4, 0.5) is 0 Å². The molecule has 0 bridgehead atoms. The second-order valence-corrected chi connectivity index (χ2v) is 4.58. The number of aliphatic hydroxyl groups excluding tert-OH is 1. The molecular formula is C11H10N10O. The molecule has 0 radical (unpaired) electrons. The lowest BCUT2D eigenvalue weighted by molar-refractivity contribution is 0.167. The van der Waals surface area contributed by atoms with Gasteiger partial charge in [-0.15, -0.1) is 20.4 Å². The Balaban J connectivity index is 1.79. The highest BCUT2D eigenvalue weighted by molar-refractivity contribution is 5.57. The van der Waals surface area contributed by atoms with Crippen LogP contribution in [-0.2, 0) is 6.42 Å². The number of H-pyrrole nitrogens is 2. The largest absolute Gasteiger partial charge is 0.385 e. The van der Waals surface area contributed by atoms with Gasteiger partial charge in [0.25, 0.3) is 0 Å². The van der Waals surface area contributed by atoms with Crippen LogP contribution in [0.2, 0.25) is 0 Å². The lowest BCUT2D eigenvalue weighted by Gasteiger charge is -2.10. The van der Waals surface area contributed by atoms with E-state index in [4.69, 9.17) is 0 Å². The molecule has 0 aliphatic heterocycles. The minimum atomic E-state index is -0.884. The summed E-state index contributed by atoms with van der Waals surface area (Å²) in [4.78, 5) is 4.32. The summed E-state index contributed by atoms with van der Waals surface area (Å²) >= 11 is 0. The number of rotatable bonds is 4. The number of tetrazole rings is 2. The van der Waals surface area contributed by atoms with Crippen LogP contribution in [0.3, 0.4) is 0 Å². The zero-order chi connectivity index (χ0) is 14.9. The van der Waals surface area contributed by atoms with Gasteiger partial charge in [0.1, 0.15) is 17.4 Å². The van der Waals surface area contributed by atoms with Crippen LogP contribution in [0.15, 0.2) is 24.4 Å². The summed E-state index contributed by atoms with van der Waals surface area (Å²) in [7, 11) is 0. The van der Waals surface area contributed by atoms with Crippen LogP contribution in [0.5, 0.6) is 0 Å². The molecule has 0 aromatic carbocycles. The molecule has 4 aromatic rings. The van der Waals surface area contributed by atoms with E-state index >= 15 is 0 Å². The van der Waals surface area contributed by atoms with Gasteiger partial charge in [-0.3, -0.25) is 4.40 Å². The van der Waals surface area contributed by atoms with E-state index in [0.29, 0.717) is 11.5 Å². The second kappa shape index (κ2) is 4.96. The van der Waals surface area contributed by atoms with Crippen molar-refractivity contribution in [3.05, 3.63) is 35.9 Å². The molecule has 0 saturated heterocycles. The van der Waals surface area contributed by atoms with Gasteiger partial charge in [0.2, 0.25) is 11.6 Å². The van der Waals surface area contributed by atoms with Crippen molar-refractivity contribution >= 4 is 5.65 Å². The number of aliphatic hydroxyl groups is 1. The average Bonchev–Trinajstić information content (AvgIpc) is 3.27. The first-order valence-corrected chi connectivity index (χ1v) is 6.43. The molecule has 0 saturated carbocycles. The quantitative estimate of drug-likeness (QED) is 0.448. The summed E-state index contributed by atoms with van der Waals surface area (Å²) in [5.41, 5.74) is 2.21. The Labute approximate surface area is 122 Å². The SMILES string of the molecule is OC(Cc1cccc2ncc(-c3nn[nH]n3)n12)c1nn[nH]n1. The Hall–Kier alpha value is -3.21. The summed E-state index contributed by atoms with van der Waals surface area (Å²) in [5, 5.41) is 37.5. The standard InChI is InChI=1S/C11H10N10O/c22-8(11-15-19-20-16-11)4-6-2-1-3-9-12-5-7(21(6)9)10-13-17-18-14-10/h1-3,5,8,22H,4H2,(H,13,14,17,18)(H,15,16,19,20). The Kier molecular flexibility index (Phi) is 2.83. The van der Waals surface area contributed by atoms with Crippen molar-refractivity contribution < 1.29 is 5.11 Å². The van der Waals surface area contributed by atoms with Crippen molar-refractivity contribution in [2.24, 2.45) is 0 Å². The Morgan fingerprint density at radius 2 is 2.00 bits per heavy atom. The molecule has 4 aromatic heterocycles. The molecule has 110 valence electrons. The number of pyridine rings is 1. The molecule has 1 unspecified atom stereocenters. The molecule has 0 fully saturated rings. The van der Waals surface area contributed by atoms with Crippen molar-refractivity contribution in [1.82, 2.24) is 50.6 Å². The van der Waals surface area contributed by atoms with Gasteiger partial charge in [-0.1, -0.05) is 11.3 Å². The Morgan fingerprint density at radius 1 is 1.14 bits per heavy atom. The molecule has 11 heteroatoms. The molecule has 4 rings (SSSR count). The third kappa shape index (κ3) is 2.00. The summed E-state index contributed by atoms with van der Waals surface area (Å²) in [6, 6.07) is 5.59. The number of nitrogens with one attached hydrogen (secondary N) is 2. The molecule has 0 amide bonds. The predicted molar refractivity (Wildman–Crippen MR) is 71.2 cm³/mol. The van der Waals surface area contributed by atoms with Gasteiger partial charge in [0.05, 0.1) is 6.20 Å². The first-order valence-electron chi connectivity index (χ1n) is 6.43. The van der Waals surface area contributed by atoms with E-state index in [-0.39, 0.29) is 12.2 Å². The number of nitrogens with zero attached hydrogens (tertiary/aromatic N) is 8. The first kappa shape index (κ1) is 12.5. The molecular weight excluding hydrogens is 288 g/mol. The first-order chi connectivity index (χ1) is 10.8. The number of hydrogen-bond acceptors (Lipinski definition) is 8. The average molecular weight is 298 g/mol. The lowest BCUT2D eigenvalue weighted by atomic mass is 10.1. The summed E-state index contributed by atoms with van der Waals surface area (Å²) in [5.74, 6) is 0.659. The van der Waals surface area contributed by atoms with E-state index in [2.05, 4.69) is 46.2 Å². The van der Waals surface area contributed by atoms with Gasteiger partial charge in [-0.25, -0.2) is 4.98 Å². The Bertz CT molecular complexity index is 881. The maximum absolute atomic E-state index is 10.2. The van der Waals surface area contributed by atoms with E-state index in [1.165, 1.54) is 0 Å². The maximum atomic E-state index is 10.2. The normalized spacial score (nSPS) is 12.8. The number of hydrogen-bond donors (Lipinski definition) is 3. The third-order valence-corrected chi connectivity index (χ3v) is 3.25. The van der Waals surface area contributed by atoms with Crippen LogP contribution in [0.1, 0.15) is 17.6 Å². The highest BCUT2D eigenvalue weighted by Crippen LogP contribution is 2.21. The fourth-order valence-corrected chi connectivity index (χ4v) is 2.29. The molecule has 3 N–H and O–H groups in total. The zero-order valence-corrected chi connectivity index (χ0v) is 11.1. The van der Waals surface area contributed by atoms with Crippen LogP contribution >= 0.6 is 0 Å². The highest BCUT2D eigenvalue weighted by Gasteiger charge is 2.18. The van der Waals surface area contributed by atoms with Gasteiger partial charge < -0.3 is 5.11 Å². The van der Waals surface area contributed by atoms with Gasteiger partial charge in [0.15, 0.2) is 0 Å². The molecule has 0 spiro atoms. The summed E-state index contributed by atoms with van der Waals surface area (Å²) in [6.45, 7) is 0. The molecule has 11 nitrogen and oxygen atoms in total. The van der Waals surface area contributed by atoms with E-state index < -0.39 is 6.10 Å². The van der Waals surface area contributed by atoms with Crippen molar-refractivity contribution in [3.8, 4) is 11.5 Å². The van der Waals surface area contributed by atoms with Gasteiger partial charge in [-0.05, 0) is 17.3 Å². The van der Waals surface area contributed by atoms with Crippen molar-refractivity contribution in [3.63, 3.8) is 0 Å². The zero-order valence-electron chi connectivity index (χ0n) is 11.1. The topological polar surface area (TPSA) is 146 Å². The summed E-state index contributed by atoms with van der Waals surface area (Å²) in [6.07, 6.45) is 1.06. The van der Waals surface area contributed by atoms with Crippen molar-refractivity contribution in [1.29, 1.82) is 0 Å². The third-order valence-electron chi connectivity index (χ3n) is 3.25. The van der Waals surface area contributed by atoms with Gasteiger partial charge >= 0.3 is 0 Å². The van der Waals surface area contributed by atoms with E-state index in [9.17, 15) is 5.11 Å². The van der Waals surface area contributed by atoms with Crippen molar-refractivity contribution in [2.75, 3.05) is 0 Å². The van der Waals surface area contributed by atoms with E-state index in [1.807, 2.05) is 22.6 Å². The Morgan fingerprint density at radius 3 is 2.77 bits per heavy atom. The number of fused-ring (bicyclic) bond motifs is 1. The molecule has 1 atom stereocenters. The second-order valence-electron chi connectivity index (χ2n) is 4.58. The van der Waals surface area contributed by atoms with Crippen molar-refractivity contribution in [2.45, 2.75) is 12.5 Å². The molecule has 0 aliphatic carbocycles.